The fourth-order valence-electron chi connectivity index (χ4n) is 1.48. The molecular formula is C12H21NOS. The number of methoxy groups -OCH3 is 1. The van der Waals surface area contributed by atoms with Crippen LogP contribution in [-0.2, 0) is 4.74 Å². The molecule has 0 radical (unpaired) electrons. The molecule has 1 aromatic heterocycles. The molecule has 86 valence electrons. The van der Waals surface area contributed by atoms with Gasteiger partial charge < -0.3 is 10.1 Å². The number of hydrogen-bond donors (Lipinski definition) is 1. The van der Waals surface area contributed by atoms with E-state index in [-0.39, 0.29) is 0 Å². The lowest BCUT2D eigenvalue weighted by Gasteiger charge is -2.11. The topological polar surface area (TPSA) is 21.3 Å². The van der Waals surface area contributed by atoms with Crippen molar-refractivity contribution in [3.8, 4) is 0 Å². The largest absolute Gasteiger partial charge is 0.385 e. The third kappa shape index (κ3) is 4.78. The van der Waals surface area contributed by atoms with E-state index in [4.69, 9.17) is 4.74 Å². The van der Waals surface area contributed by atoms with Crippen molar-refractivity contribution in [1.82, 2.24) is 5.32 Å². The zero-order valence-electron chi connectivity index (χ0n) is 9.88. The average Bonchev–Trinajstić information content (AvgIpc) is 2.64. The molecule has 0 saturated carbocycles. The smallest absolute Gasteiger partial charge is 0.0462 e. The monoisotopic (exact) mass is 227 g/mol. The number of unbranched alkanes of at least 4 members (excludes halogenated alkanes) is 1. The molecule has 1 N–H and O–H groups in total. The molecule has 0 unspecified atom stereocenters. The van der Waals surface area contributed by atoms with Gasteiger partial charge in [0, 0.05) is 29.5 Å². The highest BCUT2D eigenvalue weighted by Crippen LogP contribution is 2.21. The van der Waals surface area contributed by atoms with Crippen LogP contribution in [0.3, 0.4) is 0 Å². The molecule has 0 fully saturated rings. The normalized spacial score (nSPS) is 13.0. The van der Waals surface area contributed by atoms with Gasteiger partial charge in [-0.1, -0.05) is 0 Å². The minimum Gasteiger partial charge on any atom is -0.385 e. The number of aryl methyl sites for hydroxylation is 1. The molecule has 3 heteroatoms. The number of hydrogen-bond acceptors (Lipinski definition) is 3. The quantitative estimate of drug-likeness (QED) is 0.723. The summed E-state index contributed by atoms with van der Waals surface area (Å²) >= 11 is 1.88. The summed E-state index contributed by atoms with van der Waals surface area (Å²) in [5, 5.41) is 3.53. The van der Waals surface area contributed by atoms with Crippen LogP contribution in [0.1, 0.15) is 35.6 Å². The highest BCUT2D eigenvalue weighted by molar-refractivity contribution is 7.12. The Hall–Kier alpha value is -0.380. The van der Waals surface area contributed by atoms with Crippen molar-refractivity contribution in [3.63, 3.8) is 0 Å². The SMILES string of the molecule is COCCCCN[C@@H](C)c1ccc(C)s1. The first-order chi connectivity index (χ1) is 7.24. The summed E-state index contributed by atoms with van der Waals surface area (Å²) in [6.45, 7) is 6.32. The van der Waals surface area contributed by atoms with Crippen molar-refractivity contribution >= 4 is 11.3 Å². The maximum absolute atomic E-state index is 5.01. The lowest BCUT2D eigenvalue weighted by atomic mass is 10.2. The Labute approximate surface area is 96.7 Å². The minimum atomic E-state index is 0.478. The summed E-state index contributed by atoms with van der Waals surface area (Å²) in [4.78, 5) is 2.82. The summed E-state index contributed by atoms with van der Waals surface area (Å²) in [6, 6.07) is 4.88. The molecule has 0 saturated heterocycles. The predicted molar refractivity (Wildman–Crippen MR) is 66.6 cm³/mol. The van der Waals surface area contributed by atoms with Gasteiger partial charge in [-0.05, 0) is 45.4 Å². The van der Waals surface area contributed by atoms with Crippen molar-refractivity contribution in [2.24, 2.45) is 0 Å². The molecule has 15 heavy (non-hydrogen) atoms. The molecule has 1 heterocycles. The van der Waals surface area contributed by atoms with Crippen LogP contribution in [0.15, 0.2) is 12.1 Å². The minimum absolute atomic E-state index is 0.478. The lowest BCUT2D eigenvalue weighted by Crippen LogP contribution is -2.19. The van der Waals surface area contributed by atoms with Crippen LogP contribution in [-0.4, -0.2) is 20.3 Å². The zero-order chi connectivity index (χ0) is 11.1. The number of nitrogens with one attached hydrogen (secondary N) is 1. The fourth-order valence-corrected chi connectivity index (χ4v) is 2.38. The summed E-state index contributed by atoms with van der Waals surface area (Å²) in [5.41, 5.74) is 0. The molecule has 0 bridgehead atoms. The van der Waals surface area contributed by atoms with Gasteiger partial charge in [-0.2, -0.15) is 0 Å². The second-order valence-electron chi connectivity index (χ2n) is 3.82. The van der Waals surface area contributed by atoms with Gasteiger partial charge in [-0.3, -0.25) is 0 Å². The Kier molecular flexibility index (Phi) is 5.91. The van der Waals surface area contributed by atoms with Crippen molar-refractivity contribution in [1.29, 1.82) is 0 Å². The van der Waals surface area contributed by atoms with Gasteiger partial charge in [0.25, 0.3) is 0 Å². The summed E-state index contributed by atoms with van der Waals surface area (Å²) in [5.74, 6) is 0. The molecule has 0 amide bonds. The maximum atomic E-state index is 5.01. The molecule has 0 aliphatic heterocycles. The van der Waals surface area contributed by atoms with Crippen molar-refractivity contribution < 1.29 is 4.74 Å². The highest BCUT2D eigenvalue weighted by Gasteiger charge is 2.05. The van der Waals surface area contributed by atoms with Crippen LogP contribution in [0, 0.1) is 6.92 Å². The first kappa shape index (κ1) is 12.7. The average molecular weight is 227 g/mol. The number of rotatable bonds is 7. The van der Waals surface area contributed by atoms with Crippen LogP contribution in [0.2, 0.25) is 0 Å². The number of thiophene rings is 1. The molecule has 1 atom stereocenters. The van der Waals surface area contributed by atoms with E-state index in [0.29, 0.717) is 6.04 Å². The van der Waals surface area contributed by atoms with E-state index in [2.05, 4.69) is 31.3 Å². The van der Waals surface area contributed by atoms with E-state index in [0.717, 1.165) is 19.6 Å². The summed E-state index contributed by atoms with van der Waals surface area (Å²) in [7, 11) is 1.75. The third-order valence-corrected chi connectivity index (χ3v) is 3.60. The standard InChI is InChI=1S/C12H21NOS/c1-10-6-7-12(15-10)11(2)13-8-4-5-9-14-3/h6-7,11,13H,4-5,8-9H2,1-3H3/t11-/m0/s1. The Morgan fingerprint density at radius 1 is 1.40 bits per heavy atom. The van der Waals surface area contributed by atoms with E-state index in [1.165, 1.54) is 16.2 Å². The second-order valence-corrected chi connectivity index (χ2v) is 5.14. The predicted octanol–water partition coefficient (Wildman–Crippen LogP) is 3.13. The van der Waals surface area contributed by atoms with Crippen LogP contribution in [0.25, 0.3) is 0 Å². The van der Waals surface area contributed by atoms with Crippen LogP contribution in [0.5, 0.6) is 0 Å². The van der Waals surface area contributed by atoms with Gasteiger partial charge in [-0.25, -0.2) is 0 Å². The van der Waals surface area contributed by atoms with Crippen molar-refractivity contribution in [2.45, 2.75) is 32.7 Å². The fraction of sp³-hybridized carbons (Fsp3) is 0.667. The first-order valence-electron chi connectivity index (χ1n) is 5.52. The van der Waals surface area contributed by atoms with Gasteiger partial charge in [0.2, 0.25) is 0 Å². The molecule has 2 nitrogen and oxygen atoms in total. The zero-order valence-corrected chi connectivity index (χ0v) is 10.7. The van der Waals surface area contributed by atoms with E-state index in [1.807, 2.05) is 11.3 Å². The van der Waals surface area contributed by atoms with Gasteiger partial charge >= 0.3 is 0 Å². The number of ether oxygens (including phenoxy) is 1. The Balaban J connectivity index is 2.16. The highest BCUT2D eigenvalue weighted by atomic mass is 32.1. The molecule has 0 aliphatic carbocycles. The lowest BCUT2D eigenvalue weighted by molar-refractivity contribution is 0.192. The Morgan fingerprint density at radius 2 is 2.20 bits per heavy atom. The molecule has 0 aliphatic rings. The van der Waals surface area contributed by atoms with Crippen molar-refractivity contribution in [3.05, 3.63) is 21.9 Å². The first-order valence-corrected chi connectivity index (χ1v) is 6.34. The van der Waals surface area contributed by atoms with E-state index in [9.17, 15) is 0 Å². The van der Waals surface area contributed by atoms with Crippen LogP contribution in [0.4, 0.5) is 0 Å². The van der Waals surface area contributed by atoms with Crippen molar-refractivity contribution in [2.75, 3.05) is 20.3 Å². The van der Waals surface area contributed by atoms with Crippen LogP contribution >= 0.6 is 11.3 Å². The van der Waals surface area contributed by atoms with E-state index >= 15 is 0 Å². The van der Waals surface area contributed by atoms with Gasteiger partial charge in [0.1, 0.15) is 0 Å². The summed E-state index contributed by atoms with van der Waals surface area (Å²) < 4.78 is 5.01. The second kappa shape index (κ2) is 6.99. The van der Waals surface area contributed by atoms with Crippen LogP contribution < -0.4 is 5.32 Å². The van der Waals surface area contributed by atoms with E-state index in [1.54, 1.807) is 7.11 Å². The Morgan fingerprint density at radius 3 is 2.80 bits per heavy atom. The molecule has 0 spiro atoms. The summed E-state index contributed by atoms with van der Waals surface area (Å²) in [6.07, 6.45) is 2.32. The van der Waals surface area contributed by atoms with Gasteiger partial charge in [0.05, 0.1) is 0 Å². The maximum Gasteiger partial charge on any atom is 0.0462 e. The van der Waals surface area contributed by atoms with E-state index < -0.39 is 0 Å². The van der Waals surface area contributed by atoms with Gasteiger partial charge in [-0.15, -0.1) is 11.3 Å². The molecule has 1 rings (SSSR count). The molecule has 0 aromatic carbocycles. The Bertz CT molecular complexity index is 272. The third-order valence-electron chi connectivity index (χ3n) is 2.41. The molecular weight excluding hydrogens is 206 g/mol. The molecule has 1 aromatic rings. The van der Waals surface area contributed by atoms with Gasteiger partial charge in [0.15, 0.2) is 0 Å².